The van der Waals surface area contributed by atoms with Crippen LogP contribution in [0.3, 0.4) is 0 Å². The molecule has 0 aliphatic carbocycles. The molecule has 30 heavy (non-hydrogen) atoms. The van der Waals surface area contributed by atoms with Gasteiger partial charge in [-0.2, -0.15) is 0 Å². The van der Waals surface area contributed by atoms with Crippen molar-refractivity contribution in [3.63, 3.8) is 0 Å². The summed E-state index contributed by atoms with van der Waals surface area (Å²) >= 11 is 0. The normalized spacial score (nSPS) is 11.4. The van der Waals surface area contributed by atoms with Gasteiger partial charge in [0, 0.05) is 57.7 Å². The van der Waals surface area contributed by atoms with Crippen molar-refractivity contribution in [1.29, 1.82) is 0 Å². The van der Waals surface area contributed by atoms with E-state index in [0.29, 0.717) is 11.1 Å². The van der Waals surface area contributed by atoms with Crippen LogP contribution in [0.4, 0.5) is 0 Å². The van der Waals surface area contributed by atoms with E-state index in [9.17, 15) is 10.2 Å². The van der Waals surface area contributed by atoms with Crippen molar-refractivity contribution in [3.8, 4) is 11.5 Å². The Morgan fingerprint density at radius 2 is 0.967 bits per heavy atom. The molecule has 174 valence electrons. The molecular weight excluding hydrogens is 483 g/mol. The molecule has 0 fully saturated rings. The van der Waals surface area contributed by atoms with Gasteiger partial charge in [-0.25, -0.2) is 0 Å². The Bertz CT molecular complexity index is 742. The summed E-state index contributed by atoms with van der Waals surface area (Å²) in [6, 6.07) is 13.9. The van der Waals surface area contributed by atoms with Gasteiger partial charge in [0.15, 0.2) is 0 Å². The number of aliphatic imine (C=N–C) groups is 2. The second-order valence-corrected chi connectivity index (χ2v) is 7.58. The molecule has 2 aromatic rings. The van der Waals surface area contributed by atoms with Crippen molar-refractivity contribution in [1.82, 2.24) is 0 Å². The molecule has 0 amide bonds. The van der Waals surface area contributed by atoms with Gasteiger partial charge in [-0.1, -0.05) is 24.3 Å². The molecule has 0 bridgehead atoms. The van der Waals surface area contributed by atoms with E-state index < -0.39 is 11.1 Å². The Hall–Kier alpha value is -1.66. The summed E-state index contributed by atoms with van der Waals surface area (Å²) in [6.07, 6.45) is 3.15. The van der Waals surface area contributed by atoms with Crippen LogP contribution in [0.25, 0.3) is 0 Å². The number of phenolic OH excluding ortho intramolecular Hbond substituents is 2. The standard InChI is InChI=1S/2C11H15NO2.2Cu/c2*1-11(2,8-13)12-7-9-5-3-4-6-10(9)14;;/h2*3-7,13-14H,8H2,1-2H3;;. The number of nitrogens with zero attached hydrogens (tertiary/aromatic N) is 2. The molecule has 0 spiro atoms. The fourth-order valence-corrected chi connectivity index (χ4v) is 1.76. The molecule has 0 unspecified atom stereocenters. The molecule has 0 aliphatic rings. The Morgan fingerprint density at radius 1 is 0.667 bits per heavy atom. The number of benzene rings is 2. The average molecular weight is 514 g/mol. The molecule has 0 saturated heterocycles. The van der Waals surface area contributed by atoms with Gasteiger partial charge in [0.25, 0.3) is 0 Å². The summed E-state index contributed by atoms with van der Waals surface area (Å²) in [6.45, 7) is 7.26. The Morgan fingerprint density at radius 3 is 1.23 bits per heavy atom. The van der Waals surface area contributed by atoms with E-state index in [1.165, 1.54) is 0 Å². The van der Waals surface area contributed by atoms with Crippen molar-refractivity contribution in [2.24, 2.45) is 9.98 Å². The predicted octanol–water partition coefficient (Wildman–Crippen LogP) is 3.16. The zero-order valence-corrected chi connectivity index (χ0v) is 19.4. The van der Waals surface area contributed by atoms with Crippen LogP contribution < -0.4 is 0 Å². The van der Waals surface area contributed by atoms with E-state index in [0.717, 1.165) is 0 Å². The first-order valence-corrected chi connectivity index (χ1v) is 8.98. The molecule has 0 saturated carbocycles. The van der Waals surface area contributed by atoms with Crippen LogP contribution in [-0.4, -0.2) is 57.1 Å². The zero-order chi connectivity index (χ0) is 21.2. The average Bonchev–Trinajstić information content (AvgIpc) is 2.67. The Kier molecular flexibility index (Phi) is 14.6. The molecule has 8 heteroatoms. The summed E-state index contributed by atoms with van der Waals surface area (Å²) in [4.78, 5) is 8.34. The first-order chi connectivity index (χ1) is 13.1. The fraction of sp³-hybridized carbons (Fsp3) is 0.364. The third-order valence-electron chi connectivity index (χ3n) is 3.75. The summed E-state index contributed by atoms with van der Waals surface area (Å²) in [5.41, 5.74) is 0.327. The second kappa shape index (κ2) is 14.4. The van der Waals surface area contributed by atoms with Crippen LogP contribution in [0.15, 0.2) is 58.5 Å². The SMILES string of the molecule is CC(C)(CO)N=Cc1ccccc1O.CC(C)(CO)N=Cc1ccccc1O.[Cu].[Cu]. The minimum Gasteiger partial charge on any atom is -0.507 e. The van der Waals surface area contributed by atoms with Crippen LogP contribution >= 0.6 is 0 Å². The van der Waals surface area contributed by atoms with Crippen LogP contribution in [0, 0.1) is 0 Å². The molecule has 0 heterocycles. The molecule has 4 N–H and O–H groups in total. The summed E-state index contributed by atoms with van der Waals surface area (Å²) in [7, 11) is 0. The molecule has 0 aliphatic heterocycles. The van der Waals surface area contributed by atoms with E-state index in [1.807, 2.05) is 39.8 Å². The molecule has 2 rings (SSSR count). The molecule has 0 atom stereocenters. The van der Waals surface area contributed by atoms with Gasteiger partial charge in [0.2, 0.25) is 0 Å². The van der Waals surface area contributed by atoms with Gasteiger partial charge in [-0.15, -0.1) is 0 Å². The number of aliphatic hydroxyl groups is 2. The van der Waals surface area contributed by atoms with Crippen molar-refractivity contribution in [2.45, 2.75) is 38.8 Å². The number of hydrogen-bond donors (Lipinski definition) is 4. The van der Waals surface area contributed by atoms with Crippen molar-refractivity contribution in [3.05, 3.63) is 59.7 Å². The van der Waals surface area contributed by atoms with Crippen LogP contribution in [-0.2, 0) is 34.1 Å². The maximum atomic E-state index is 9.43. The molecule has 0 aromatic heterocycles. The van der Waals surface area contributed by atoms with Crippen LogP contribution in [0.5, 0.6) is 11.5 Å². The monoisotopic (exact) mass is 512 g/mol. The number of hydrogen-bond acceptors (Lipinski definition) is 6. The first-order valence-electron chi connectivity index (χ1n) is 8.98. The van der Waals surface area contributed by atoms with E-state index >= 15 is 0 Å². The molecule has 6 nitrogen and oxygen atoms in total. The number of para-hydroxylation sites is 2. The minimum atomic E-state index is -0.498. The van der Waals surface area contributed by atoms with Gasteiger partial charge >= 0.3 is 0 Å². The maximum absolute atomic E-state index is 9.43. The van der Waals surface area contributed by atoms with Gasteiger partial charge in [0.05, 0.1) is 24.3 Å². The first kappa shape index (κ1) is 30.5. The Balaban J connectivity index is 0. The smallest absolute Gasteiger partial charge is 0.124 e. The van der Waals surface area contributed by atoms with Crippen molar-refractivity contribution in [2.75, 3.05) is 13.2 Å². The van der Waals surface area contributed by atoms with Crippen molar-refractivity contribution < 1.29 is 54.6 Å². The third-order valence-corrected chi connectivity index (χ3v) is 3.75. The maximum Gasteiger partial charge on any atom is 0.124 e. The number of aliphatic hydroxyl groups excluding tert-OH is 2. The van der Waals surface area contributed by atoms with Crippen molar-refractivity contribution >= 4 is 12.4 Å². The largest absolute Gasteiger partial charge is 0.507 e. The molecule has 2 radical (unpaired) electrons. The predicted molar refractivity (Wildman–Crippen MR) is 114 cm³/mol. The quantitative estimate of drug-likeness (QED) is 0.352. The Labute approximate surface area is 199 Å². The van der Waals surface area contributed by atoms with Gasteiger partial charge in [0.1, 0.15) is 11.5 Å². The summed E-state index contributed by atoms with van der Waals surface area (Å²) in [5, 5.41) is 36.8. The number of aromatic hydroxyl groups is 2. The molecular formula is C22H30Cu2N2O4. The summed E-state index contributed by atoms with van der Waals surface area (Å²) in [5.74, 6) is 0.398. The second-order valence-electron chi connectivity index (χ2n) is 7.58. The fourth-order valence-electron chi connectivity index (χ4n) is 1.76. The zero-order valence-electron chi connectivity index (χ0n) is 17.5. The minimum absolute atomic E-state index is 0. The van der Waals surface area contributed by atoms with E-state index in [1.54, 1.807) is 48.8 Å². The van der Waals surface area contributed by atoms with Crippen LogP contribution in [0.2, 0.25) is 0 Å². The summed E-state index contributed by atoms with van der Waals surface area (Å²) < 4.78 is 0. The number of phenols is 2. The number of rotatable bonds is 6. The van der Waals surface area contributed by atoms with E-state index in [-0.39, 0.29) is 58.9 Å². The van der Waals surface area contributed by atoms with E-state index in [4.69, 9.17) is 10.2 Å². The third kappa shape index (κ3) is 11.5. The van der Waals surface area contributed by atoms with Crippen LogP contribution in [0.1, 0.15) is 38.8 Å². The van der Waals surface area contributed by atoms with Gasteiger partial charge in [-0.3, -0.25) is 9.98 Å². The van der Waals surface area contributed by atoms with E-state index in [2.05, 4.69) is 9.98 Å². The topological polar surface area (TPSA) is 106 Å². The van der Waals surface area contributed by atoms with Gasteiger partial charge < -0.3 is 20.4 Å². The molecule has 2 aromatic carbocycles. The van der Waals surface area contributed by atoms with Gasteiger partial charge in [-0.05, 0) is 52.0 Å².